The average molecular weight is 473 g/mol. The van der Waals surface area contributed by atoms with Crippen LogP contribution in [0.5, 0.6) is 0 Å². The molecular formula is C28H36N6O. The Balaban J connectivity index is 1.27. The maximum absolute atomic E-state index is 5.76. The van der Waals surface area contributed by atoms with E-state index in [0.29, 0.717) is 24.0 Å². The molecule has 0 bridgehead atoms. The zero-order valence-corrected chi connectivity index (χ0v) is 21.3. The molecule has 7 heteroatoms. The number of aromatic amines is 1. The van der Waals surface area contributed by atoms with Gasteiger partial charge in [-0.05, 0) is 80.3 Å². The molecule has 0 spiro atoms. The average Bonchev–Trinajstić information content (AvgIpc) is 3.47. The molecule has 1 aromatic carbocycles. The van der Waals surface area contributed by atoms with Crippen LogP contribution in [0.3, 0.4) is 0 Å². The number of rotatable bonds is 6. The molecule has 1 aliphatic carbocycles. The second kappa shape index (κ2) is 9.03. The van der Waals surface area contributed by atoms with Crippen LogP contribution in [0, 0.1) is 6.92 Å². The van der Waals surface area contributed by atoms with E-state index in [1.165, 1.54) is 47.9 Å². The molecule has 1 aliphatic heterocycles. The number of H-pyrrole nitrogens is 1. The van der Waals surface area contributed by atoms with Crippen molar-refractivity contribution >= 4 is 16.6 Å². The largest absolute Gasteiger partial charge is 0.376 e. The summed E-state index contributed by atoms with van der Waals surface area (Å²) >= 11 is 0. The Hall–Kier alpha value is -2.77. The van der Waals surface area contributed by atoms with Crippen molar-refractivity contribution in [3.63, 3.8) is 0 Å². The molecule has 4 heterocycles. The number of hydrogen-bond donors (Lipinski definition) is 1. The molecule has 0 radical (unpaired) electrons. The van der Waals surface area contributed by atoms with Crippen molar-refractivity contribution in [1.82, 2.24) is 29.7 Å². The van der Waals surface area contributed by atoms with E-state index in [9.17, 15) is 0 Å². The monoisotopic (exact) mass is 472 g/mol. The van der Waals surface area contributed by atoms with Gasteiger partial charge < -0.3 is 4.74 Å². The molecule has 35 heavy (non-hydrogen) atoms. The number of benzene rings is 1. The normalized spacial score (nSPS) is 21.9. The van der Waals surface area contributed by atoms with E-state index in [4.69, 9.17) is 9.84 Å². The molecule has 2 fully saturated rings. The molecule has 3 aromatic heterocycles. The Morgan fingerprint density at radius 3 is 2.66 bits per heavy atom. The smallest absolute Gasteiger partial charge is 0.158 e. The second-order valence-electron chi connectivity index (χ2n) is 10.7. The van der Waals surface area contributed by atoms with Crippen molar-refractivity contribution in [2.75, 3.05) is 19.7 Å². The molecule has 1 saturated carbocycles. The molecule has 184 valence electrons. The van der Waals surface area contributed by atoms with Crippen LogP contribution in [0.25, 0.3) is 27.7 Å². The van der Waals surface area contributed by atoms with Crippen molar-refractivity contribution in [2.24, 2.45) is 0 Å². The van der Waals surface area contributed by atoms with Gasteiger partial charge in [0.05, 0.1) is 11.6 Å². The van der Waals surface area contributed by atoms with Gasteiger partial charge in [0.2, 0.25) is 0 Å². The Morgan fingerprint density at radius 1 is 1.11 bits per heavy atom. The molecule has 0 atom stereocenters. The van der Waals surface area contributed by atoms with Crippen molar-refractivity contribution in [3.05, 3.63) is 47.5 Å². The maximum atomic E-state index is 5.76. The third-order valence-corrected chi connectivity index (χ3v) is 8.15. The zero-order valence-electron chi connectivity index (χ0n) is 21.3. The fourth-order valence-electron chi connectivity index (χ4n) is 6.21. The van der Waals surface area contributed by atoms with Crippen molar-refractivity contribution < 1.29 is 4.74 Å². The summed E-state index contributed by atoms with van der Waals surface area (Å²) in [4.78, 5) is 7.00. The first-order valence-electron chi connectivity index (χ1n) is 13.2. The first kappa shape index (κ1) is 22.7. The van der Waals surface area contributed by atoms with Crippen molar-refractivity contribution in [2.45, 2.75) is 77.4 Å². The Kier molecular flexibility index (Phi) is 5.85. The Labute approximate surface area is 206 Å². The topological polar surface area (TPSA) is 71.3 Å². The number of nitrogens with one attached hydrogen (secondary N) is 1. The highest BCUT2D eigenvalue weighted by Gasteiger charge is 2.35. The van der Waals surface area contributed by atoms with Gasteiger partial charge in [-0.2, -0.15) is 10.2 Å². The second-order valence-corrected chi connectivity index (χ2v) is 10.7. The van der Waals surface area contributed by atoms with Crippen molar-refractivity contribution in [1.29, 1.82) is 0 Å². The molecular weight excluding hydrogens is 436 g/mol. The van der Waals surface area contributed by atoms with E-state index in [0.717, 1.165) is 42.0 Å². The van der Waals surface area contributed by atoms with E-state index in [1.807, 2.05) is 4.52 Å². The molecule has 6 rings (SSSR count). The summed E-state index contributed by atoms with van der Waals surface area (Å²) in [7, 11) is 0. The molecule has 4 aromatic rings. The van der Waals surface area contributed by atoms with Crippen LogP contribution in [0.4, 0.5) is 0 Å². The summed E-state index contributed by atoms with van der Waals surface area (Å²) in [5.41, 5.74) is 8.17. The highest BCUT2D eigenvalue weighted by molar-refractivity contribution is 5.89. The summed E-state index contributed by atoms with van der Waals surface area (Å²) in [6.07, 6.45) is 9.12. The lowest BCUT2D eigenvalue weighted by atomic mass is 9.81. The van der Waals surface area contributed by atoms with E-state index >= 15 is 0 Å². The standard InChI is InChI=1S/C28H36N6O/c1-5-35-22-14-33(15-22)21-8-6-19(7-9-21)27-25-11-23(17(2)3)24(12-26(25)31-32-27)20-10-18(4)28-29-16-30-34(28)13-20/h10-13,16-17,19,21-22H,5-9,14-15H2,1-4H3,(H,31,32). The number of fused-ring (bicyclic) bond motifs is 2. The van der Waals surface area contributed by atoms with Gasteiger partial charge in [-0.25, -0.2) is 9.50 Å². The van der Waals surface area contributed by atoms with Crippen LogP contribution in [0.15, 0.2) is 30.7 Å². The lowest BCUT2D eigenvalue weighted by Gasteiger charge is -2.46. The minimum absolute atomic E-state index is 0.407. The summed E-state index contributed by atoms with van der Waals surface area (Å²) in [6, 6.07) is 7.59. The molecule has 0 unspecified atom stereocenters. The lowest BCUT2D eigenvalue weighted by molar-refractivity contribution is -0.0739. The number of hydrogen-bond acceptors (Lipinski definition) is 5. The van der Waals surface area contributed by atoms with Gasteiger partial charge in [0, 0.05) is 54.5 Å². The molecule has 1 saturated heterocycles. The number of nitrogens with zero attached hydrogens (tertiary/aromatic N) is 5. The fourth-order valence-corrected chi connectivity index (χ4v) is 6.21. The van der Waals surface area contributed by atoms with Crippen LogP contribution in [0.2, 0.25) is 0 Å². The van der Waals surface area contributed by atoms with E-state index in [2.05, 4.69) is 72.2 Å². The molecule has 7 nitrogen and oxygen atoms in total. The number of aryl methyl sites for hydroxylation is 1. The van der Waals surface area contributed by atoms with Gasteiger partial charge in [0.1, 0.15) is 6.33 Å². The summed E-state index contributed by atoms with van der Waals surface area (Å²) < 4.78 is 7.64. The number of pyridine rings is 1. The number of ether oxygens (including phenoxy) is 1. The third kappa shape index (κ3) is 4.04. The SMILES string of the molecule is CCOC1CN(C2CCC(c3[nH]nc4cc(-c5cc(C)c6ncnn6c5)c(C(C)C)cc34)CC2)C1. The van der Waals surface area contributed by atoms with Crippen LogP contribution >= 0.6 is 0 Å². The quantitative estimate of drug-likeness (QED) is 0.404. The van der Waals surface area contributed by atoms with Crippen LogP contribution in [-0.4, -0.2) is 61.5 Å². The number of aromatic nitrogens is 5. The molecule has 1 N–H and O–H groups in total. The van der Waals surface area contributed by atoms with Gasteiger partial charge in [-0.15, -0.1) is 0 Å². The highest BCUT2D eigenvalue weighted by atomic mass is 16.5. The van der Waals surface area contributed by atoms with Crippen LogP contribution < -0.4 is 0 Å². The minimum Gasteiger partial charge on any atom is -0.376 e. The van der Waals surface area contributed by atoms with E-state index < -0.39 is 0 Å². The van der Waals surface area contributed by atoms with E-state index in [1.54, 1.807) is 6.33 Å². The summed E-state index contributed by atoms with van der Waals surface area (Å²) in [6.45, 7) is 11.8. The van der Waals surface area contributed by atoms with Crippen LogP contribution in [-0.2, 0) is 4.74 Å². The Bertz CT molecular complexity index is 1340. The first-order valence-corrected chi connectivity index (χ1v) is 13.2. The predicted octanol–water partition coefficient (Wildman–Crippen LogP) is 5.45. The van der Waals surface area contributed by atoms with E-state index in [-0.39, 0.29) is 0 Å². The number of likely N-dealkylation sites (tertiary alicyclic amines) is 1. The van der Waals surface area contributed by atoms with Crippen molar-refractivity contribution in [3.8, 4) is 11.1 Å². The lowest BCUT2D eigenvalue weighted by Crippen LogP contribution is -2.57. The van der Waals surface area contributed by atoms with Gasteiger partial charge in [-0.3, -0.25) is 10.00 Å². The highest BCUT2D eigenvalue weighted by Crippen LogP contribution is 2.40. The summed E-state index contributed by atoms with van der Waals surface area (Å²) in [5, 5.41) is 13.9. The first-order chi connectivity index (χ1) is 17.0. The minimum atomic E-state index is 0.407. The fraction of sp³-hybridized carbons (Fsp3) is 0.536. The van der Waals surface area contributed by atoms with Gasteiger partial charge >= 0.3 is 0 Å². The molecule has 2 aliphatic rings. The van der Waals surface area contributed by atoms with Gasteiger partial charge in [-0.1, -0.05) is 13.8 Å². The van der Waals surface area contributed by atoms with Gasteiger partial charge in [0.15, 0.2) is 5.65 Å². The van der Waals surface area contributed by atoms with Crippen LogP contribution in [0.1, 0.15) is 75.1 Å². The zero-order chi connectivity index (χ0) is 24.1. The van der Waals surface area contributed by atoms with Gasteiger partial charge in [0.25, 0.3) is 0 Å². The predicted molar refractivity (Wildman–Crippen MR) is 139 cm³/mol. The molecule has 0 amide bonds. The Morgan fingerprint density at radius 2 is 1.91 bits per heavy atom. The third-order valence-electron chi connectivity index (χ3n) is 8.15. The summed E-state index contributed by atoms with van der Waals surface area (Å²) in [5.74, 6) is 0.962. The maximum Gasteiger partial charge on any atom is 0.158 e.